The molecule has 1 heterocycles. The first-order valence-corrected chi connectivity index (χ1v) is 8.06. The van der Waals surface area contributed by atoms with Crippen molar-refractivity contribution in [2.75, 3.05) is 6.54 Å². The molecule has 0 fully saturated rings. The Morgan fingerprint density at radius 2 is 1.95 bits per heavy atom. The molecule has 5 heteroatoms. The van der Waals surface area contributed by atoms with Gasteiger partial charge in [-0.25, -0.2) is 0 Å². The molecule has 0 aliphatic heterocycles. The molecule has 20 heavy (non-hydrogen) atoms. The summed E-state index contributed by atoms with van der Waals surface area (Å²) in [4.78, 5) is 0. The van der Waals surface area contributed by atoms with Crippen LogP contribution in [0.4, 0.5) is 0 Å². The lowest BCUT2D eigenvalue weighted by molar-refractivity contribution is 0.439. The number of halogens is 3. The molecule has 1 aromatic heterocycles. The lowest BCUT2D eigenvalue weighted by Gasteiger charge is -2.10. The number of furan rings is 1. The van der Waals surface area contributed by atoms with Crippen LogP contribution in [0.3, 0.4) is 0 Å². The van der Waals surface area contributed by atoms with Crippen molar-refractivity contribution >= 4 is 39.1 Å². The van der Waals surface area contributed by atoms with Crippen LogP contribution < -0.4 is 5.32 Å². The van der Waals surface area contributed by atoms with Gasteiger partial charge in [-0.3, -0.25) is 0 Å². The van der Waals surface area contributed by atoms with Gasteiger partial charge in [0.05, 0.1) is 16.1 Å². The molecule has 0 radical (unpaired) electrons. The van der Waals surface area contributed by atoms with E-state index >= 15 is 0 Å². The molecule has 2 aromatic rings. The van der Waals surface area contributed by atoms with Gasteiger partial charge in [-0.1, -0.05) is 30.1 Å². The summed E-state index contributed by atoms with van der Waals surface area (Å²) in [6, 6.07) is 7.82. The van der Waals surface area contributed by atoms with Crippen LogP contribution in [0, 0.1) is 0 Å². The molecule has 1 unspecified atom stereocenters. The quantitative estimate of drug-likeness (QED) is 0.640. The Kier molecular flexibility index (Phi) is 5.56. The maximum atomic E-state index is 6.27. The molecule has 0 bridgehead atoms. The van der Waals surface area contributed by atoms with Gasteiger partial charge in [0, 0.05) is 10.0 Å². The highest BCUT2D eigenvalue weighted by atomic mass is 79.9. The number of hydrogen-bond donors (Lipinski definition) is 1. The number of benzene rings is 1. The smallest absolute Gasteiger partial charge is 0.135 e. The molecule has 0 saturated carbocycles. The molecule has 2 rings (SSSR count). The van der Waals surface area contributed by atoms with Gasteiger partial charge in [-0.05, 0) is 60.1 Å². The van der Waals surface area contributed by atoms with Crippen LogP contribution in [0.2, 0.25) is 10.0 Å². The van der Waals surface area contributed by atoms with Crippen LogP contribution in [0.25, 0.3) is 11.3 Å². The van der Waals surface area contributed by atoms with Crippen LogP contribution in [0.5, 0.6) is 0 Å². The van der Waals surface area contributed by atoms with Crippen LogP contribution in [-0.4, -0.2) is 6.54 Å². The van der Waals surface area contributed by atoms with Gasteiger partial charge in [0.15, 0.2) is 0 Å². The van der Waals surface area contributed by atoms with Gasteiger partial charge in [-0.2, -0.15) is 0 Å². The molecule has 0 aliphatic carbocycles. The first kappa shape index (κ1) is 15.9. The van der Waals surface area contributed by atoms with Gasteiger partial charge in [0.1, 0.15) is 11.5 Å². The second kappa shape index (κ2) is 6.99. The molecule has 1 atom stereocenters. The van der Waals surface area contributed by atoms with E-state index in [1.54, 1.807) is 0 Å². The van der Waals surface area contributed by atoms with Gasteiger partial charge < -0.3 is 9.73 Å². The van der Waals surface area contributed by atoms with E-state index < -0.39 is 0 Å². The van der Waals surface area contributed by atoms with E-state index in [4.69, 9.17) is 27.6 Å². The van der Waals surface area contributed by atoms with Crippen molar-refractivity contribution in [1.82, 2.24) is 5.32 Å². The minimum absolute atomic E-state index is 0.174. The maximum Gasteiger partial charge on any atom is 0.135 e. The summed E-state index contributed by atoms with van der Waals surface area (Å²) >= 11 is 15.8. The third kappa shape index (κ3) is 3.40. The van der Waals surface area contributed by atoms with Crippen LogP contribution in [0.15, 0.2) is 33.2 Å². The molecule has 0 amide bonds. The number of rotatable bonds is 5. The second-order valence-electron chi connectivity index (χ2n) is 4.60. The largest absolute Gasteiger partial charge is 0.459 e. The molecule has 0 aliphatic rings. The maximum absolute atomic E-state index is 6.27. The van der Waals surface area contributed by atoms with Crippen molar-refractivity contribution in [3.05, 3.63) is 44.5 Å². The number of hydrogen-bond acceptors (Lipinski definition) is 2. The summed E-state index contributed by atoms with van der Waals surface area (Å²) in [5.74, 6) is 1.62. The monoisotopic (exact) mass is 375 g/mol. The van der Waals surface area contributed by atoms with E-state index in [1.165, 1.54) is 0 Å². The predicted octanol–water partition coefficient (Wildman–Crippen LogP) is 6.08. The van der Waals surface area contributed by atoms with Crippen molar-refractivity contribution in [3.8, 4) is 11.3 Å². The lowest BCUT2D eigenvalue weighted by atomic mass is 10.2. The van der Waals surface area contributed by atoms with E-state index in [1.807, 2.05) is 24.3 Å². The topological polar surface area (TPSA) is 25.2 Å². The zero-order valence-electron chi connectivity index (χ0n) is 11.3. The Bertz CT molecular complexity index is 598. The zero-order valence-corrected chi connectivity index (χ0v) is 14.4. The zero-order chi connectivity index (χ0) is 14.7. The second-order valence-corrected chi connectivity index (χ2v) is 6.21. The fourth-order valence-electron chi connectivity index (χ4n) is 1.91. The minimum atomic E-state index is 0.174. The van der Waals surface area contributed by atoms with E-state index in [0.29, 0.717) is 10.0 Å². The normalized spacial score (nSPS) is 12.7. The molecule has 0 saturated heterocycles. The molecule has 2 nitrogen and oxygen atoms in total. The highest BCUT2D eigenvalue weighted by molar-refractivity contribution is 9.10. The van der Waals surface area contributed by atoms with E-state index in [0.717, 1.165) is 34.5 Å². The Morgan fingerprint density at radius 3 is 2.65 bits per heavy atom. The minimum Gasteiger partial charge on any atom is -0.459 e. The van der Waals surface area contributed by atoms with Gasteiger partial charge in [0.2, 0.25) is 0 Å². The van der Waals surface area contributed by atoms with E-state index in [9.17, 15) is 0 Å². The Morgan fingerprint density at radius 1 is 1.20 bits per heavy atom. The summed E-state index contributed by atoms with van der Waals surface area (Å²) in [5.41, 5.74) is 0.800. The third-order valence-corrected chi connectivity index (χ3v) is 4.83. The van der Waals surface area contributed by atoms with Crippen LogP contribution in [-0.2, 0) is 0 Å². The summed E-state index contributed by atoms with van der Waals surface area (Å²) in [6.07, 6.45) is 1.09. The average Bonchev–Trinajstić information content (AvgIpc) is 2.92. The van der Waals surface area contributed by atoms with E-state index in [-0.39, 0.29) is 6.04 Å². The fourth-order valence-corrected chi connectivity index (χ4v) is 2.78. The van der Waals surface area contributed by atoms with E-state index in [2.05, 4.69) is 35.1 Å². The lowest BCUT2D eigenvalue weighted by Crippen LogP contribution is -2.18. The van der Waals surface area contributed by atoms with Crippen molar-refractivity contribution in [2.45, 2.75) is 26.3 Å². The molecular weight excluding hydrogens is 361 g/mol. The summed E-state index contributed by atoms with van der Waals surface area (Å²) in [6.45, 7) is 5.17. The van der Waals surface area contributed by atoms with Crippen LogP contribution >= 0.6 is 39.1 Å². The van der Waals surface area contributed by atoms with Gasteiger partial charge in [0.25, 0.3) is 0 Å². The number of nitrogens with one attached hydrogen (secondary N) is 1. The first-order chi connectivity index (χ1) is 9.54. The molecule has 108 valence electrons. The van der Waals surface area contributed by atoms with Crippen molar-refractivity contribution in [1.29, 1.82) is 0 Å². The molecular formula is C15H16BrCl2NO. The van der Waals surface area contributed by atoms with Gasteiger partial charge >= 0.3 is 0 Å². The Labute approximate surface area is 137 Å². The van der Waals surface area contributed by atoms with Crippen molar-refractivity contribution in [2.24, 2.45) is 0 Å². The molecule has 1 aromatic carbocycles. The fraction of sp³-hybridized carbons (Fsp3) is 0.333. The summed E-state index contributed by atoms with van der Waals surface area (Å²) in [5, 5.41) is 4.38. The Hall–Kier alpha value is -0.480. The van der Waals surface area contributed by atoms with Crippen LogP contribution in [0.1, 0.15) is 32.1 Å². The predicted molar refractivity (Wildman–Crippen MR) is 88.6 cm³/mol. The van der Waals surface area contributed by atoms with Gasteiger partial charge in [-0.15, -0.1) is 0 Å². The molecule has 1 N–H and O–H groups in total. The first-order valence-electron chi connectivity index (χ1n) is 6.51. The standard InChI is InChI=1S/C15H16BrCl2NO/c1-3-8-19-9(2)12-6-7-13(20-12)10-4-5-11(16)15(18)14(10)17/h4-7,9,19H,3,8H2,1-2H3. The van der Waals surface area contributed by atoms with Crippen molar-refractivity contribution < 1.29 is 4.42 Å². The molecule has 0 spiro atoms. The SMILES string of the molecule is CCCNC(C)c1ccc(-c2ccc(Br)c(Cl)c2Cl)o1. The highest BCUT2D eigenvalue weighted by Crippen LogP contribution is 2.39. The average molecular weight is 377 g/mol. The highest BCUT2D eigenvalue weighted by Gasteiger charge is 2.15. The summed E-state index contributed by atoms with van der Waals surface area (Å²) < 4.78 is 6.66. The summed E-state index contributed by atoms with van der Waals surface area (Å²) in [7, 11) is 0. The van der Waals surface area contributed by atoms with Crippen molar-refractivity contribution in [3.63, 3.8) is 0 Å². The third-order valence-electron chi connectivity index (χ3n) is 3.05. The Balaban J connectivity index is 2.27.